The number of carbonyl (C=O) groups is 2. The van der Waals surface area contributed by atoms with E-state index in [-0.39, 0.29) is 12.3 Å². The number of aliphatic carboxylic acids is 1. The van der Waals surface area contributed by atoms with Crippen molar-refractivity contribution >= 4 is 17.6 Å². The third kappa shape index (κ3) is 3.17. The van der Waals surface area contributed by atoms with Gasteiger partial charge in [-0.05, 0) is 37.0 Å². The van der Waals surface area contributed by atoms with Crippen LogP contribution >= 0.6 is 0 Å². The Morgan fingerprint density at radius 3 is 2.65 bits per heavy atom. The largest absolute Gasteiger partial charge is 0.481 e. The number of hydrogen-bond donors (Lipinski definition) is 3. The number of anilines is 1. The quantitative estimate of drug-likeness (QED) is 0.738. The maximum absolute atomic E-state index is 12.2. The molecule has 108 valence electrons. The molecule has 1 saturated carbocycles. The lowest BCUT2D eigenvalue weighted by atomic mass is 9.68. The summed E-state index contributed by atoms with van der Waals surface area (Å²) in [7, 11) is 0. The first-order valence-corrected chi connectivity index (χ1v) is 6.88. The zero-order chi connectivity index (χ0) is 14.6. The Morgan fingerprint density at radius 1 is 1.35 bits per heavy atom. The Morgan fingerprint density at radius 2 is 2.10 bits per heavy atom. The zero-order valence-corrected chi connectivity index (χ0v) is 11.4. The third-order valence-corrected chi connectivity index (χ3v) is 4.00. The Hall–Kier alpha value is -1.88. The van der Waals surface area contributed by atoms with Gasteiger partial charge >= 0.3 is 5.97 Å². The van der Waals surface area contributed by atoms with Gasteiger partial charge in [0.25, 0.3) is 0 Å². The molecule has 2 rings (SSSR count). The average molecular weight is 276 g/mol. The molecule has 5 heteroatoms. The van der Waals surface area contributed by atoms with Crippen LogP contribution in [-0.2, 0) is 16.0 Å². The van der Waals surface area contributed by atoms with Crippen LogP contribution in [0.4, 0.5) is 5.69 Å². The summed E-state index contributed by atoms with van der Waals surface area (Å²) in [5.41, 5.74) is 6.91. The first-order chi connectivity index (χ1) is 9.55. The third-order valence-electron chi connectivity index (χ3n) is 4.00. The molecule has 5 nitrogen and oxygen atoms in total. The van der Waals surface area contributed by atoms with E-state index >= 15 is 0 Å². The van der Waals surface area contributed by atoms with Crippen LogP contribution in [0, 0.1) is 5.41 Å². The zero-order valence-electron chi connectivity index (χ0n) is 11.4. The number of benzene rings is 1. The lowest BCUT2D eigenvalue weighted by Crippen LogP contribution is -2.47. The van der Waals surface area contributed by atoms with Crippen LogP contribution < -0.4 is 11.1 Å². The minimum Gasteiger partial charge on any atom is -0.481 e. The van der Waals surface area contributed by atoms with Crippen LogP contribution in [0.25, 0.3) is 0 Å². The van der Waals surface area contributed by atoms with E-state index in [2.05, 4.69) is 5.32 Å². The minimum absolute atomic E-state index is 0.0263. The molecule has 1 amide bonds. The highest BCUT2D eigenvalue weighted by Gasteiger charge is 2.42. The van der Waals surface area contributed by atoms with Gasteiger partial charge in [-0.25, -0.2) is 0 Å². The predicted octanol–water partition coefficient (Wildman–Crippen LogP) is 1.77. The van der Waals surface area contributed by atoms with Crippen LogP contribution in [0.3, 0.4) is 0 Å². The van der Waals surface area contributed by atoms with Crippen LogP contribution in [0.1, 0.15) is 31.2 Å². The summed E-state index contributed by atoms with van der Waals surface area (Å²) in [5, 5.41) is 11.6. The lowest BCUT2D eigenvalue weighted by molar-refractivity contribution is -0.137. The molecule has 0 saturated heterocycles. The Bertz CT molecular complexity index is 504. The van der Waals surface area contributed by atoms with Crippen LogP contribution in [0.5, 0.6) is 0 Å². The molecule has 4 N–H and O–H groups in total. The van der Waals surface area contributed by atoms with Crippen molar-refractivity contribution < 1.29 is 14.7 Å². The highest BCUT2D eigenvalue weighted by atomic mass is 16.4. The predicted molar refractivity (Wildman–Crippen MR) is 76.4 cm³/mol. The lowest BCUT2D eigenvalue weighted by Gasteiger charge is -2.39. The van der Waals surface area contributed by atoms with Gasteiger partial charge in [0.15, 0.2) is 0 Å². The molecule has 0 heterocycles. The molecule has 1 aliphatic rings. The summed E-state index contributed by atoms with van der Waals surface area (Å²) in [5.74, 6) is -0.849. The normalized spacial score (nSPS) is 16.2. The molecular formula is C15H20N2O3. The van der Waals surface area contributed by atoms with Crippen molar-refractivity contribution in [3.8, 4) is 0 Å². The maximum Gasteiger partial charge on any atom is 0.303 e. The number of aryl methyl sites for hydroxylation is 1. The van der Waals surface area contributed by atoms with Crippen molar-refractivity contribution in [1.29, 1.82) is 0 Å². The molecule has 0 aromatic heterocycles. The van der Waals surface area contributed by atoms with Crippen LogP contribution in [-0.4, -0.2) is 23.5 Å². The fraction of sp³-hybridized carbons (Fsp3) is 0.467. The first-order valence-electron chi connectivity index (χ1n) is 6.88. The summed E-state index contributed by atoms with van der Waals surface area (Å²) in [6.45, 7) is 0.373. The molecule has 1 fully saturated rings. The molecule has 1 aromatic rings. The molecule has 0 spiro atoms. The van der Waals surface area contributed by atoms with Gasteiger partial charge < -0.3 is 16.2 Å². The minimum atomic E-state index is -0.823. The second kappa shape index (κ2) is 6.05. The van der Waals surface area contributed by atoms with Crippen molar-refractivity contribution in [1.82, 2.24) is 0 Å². The van der Waals surface area contributed by atoms with Gasteiger partial charge in [0.2, 0.25) is 5.91 Å². The van der Waals surface area contributed by atoms with Crippen molar-refractivity contribution in [3.05, 3.63) is 29.8 Å². The topological polar surface area (TPSA) is 92.4 Å². The Balaban J connectivity index is 2.00. The SMILES string of the molecule is NCC1(C(=O)Nc2cccc(CCC(=O)O)c2)CCC1. The van der Waals surface area contributed by atoms with E-state index in [0.29, 0.717) is 18.7 Å². The fourth-order valence-corrected chi connectivity index (χ4v) is 2.45. The van der Waals surface area contributed by atoms with Crippen LogP contribution in [0.2, 0.25) is 0 Å². The van der Waals surface area contributed by atoms with Gasteiger partial charge in [-0.1, -0.05) is 18.6 Å². The second-order valence-corrected chi connectivity index (χ2v) is 5.39. The number of amides is 1. The number of rotatable bonds is 6. The van der Waals surface area contributed by atoms with Gasteiger partial charge in [-0.3, -0.25) is 9.59 Å². The summed E-state index contributed by atoms with van der Waals surface area (Å²) in [6.07, 6.45) is 3.27. The van der Waals surface area contributed by atoms with Gasteiger partial charge in [0.05, 0.1) is 5.41 Å². The van der Waals surface area contributed by atoms with Gasteiger partial charge in [-0.15, -0.1) is 0 Å². The van der Waals surface area contributed by atoms with Crippen LogP contribution in [0.15, 0.2) is 24.3 Å². The highest BCUT2D eigenvalue weighted by Crippen LogP contribution is 2.40. The number of carbonyl (C=O) groups excluding carboxylic acids is 1. The molecule has 0 atom stereocenters. The smallest absolute Gasteiger partial charge is 0.303 e. The molecule has 0 aliphatic heterocycles. The fourth-order valence-electron chi connectivity index (χ4n) is 2.45. The average Bonchev–Trinajstić information content (AvgIpc) is 2.36. The summed E-state index contributed by atoms with van der Waals surface area (Å²) in [6, 6.07) is 7.32. The molecule has 0 bridgehead atoms. The number of carboxylic acids is 1. The van der Waals surface area contributed by atoms with Gasteiger partial charge in [0.1, 0.15) is 0 Å². The van der Waals surface area contributed by atoms with E-state index in [4.69, 9.17) is 10.8 Å². The Kier molecular flexibility index (Phi) is 4.39. The monoisotopic (exact) mass is 276 g/mol. The molecule has 0 unspecified atom stereocenters. The molecule has 1 aliphatic carbocycles. The molecule has 1 aromatic carbocycles. The van der Waals surface area contributed by atoms with Crippen molar-refractivity contribution in [2.75, 3.05) is 11.9 Å². The number of carboxylic acid groups (broad SMARTS) is 1. The molecular weight excluding hydrogens is 256 g/mol. The van der Waals surface area contributed by atoms with E-state index in [1.54, 1.807) is 0 Å². The maximum atomic E-state index is 12.2. The van der Waals surface area contributed by atoms with E-state index in [1.165, 1.54) is 0 Å². The number of nitrogens with two attached hydrogens (primary N) is 1. The summed E-state index contributed by atoms with van der Waals surface area (Å²) in [4.78, 5) is 22.8. The highest BCUT2D eigenvalue weighted by molar-refractivity contribution is 5.96. The summed E-state index contributed by atoms with van der Waals surface area (Å²) >= 11 is 0. The number of nitrogens with one attached hydrogen (secondary N) is 1. The van der Waals surface area contributed by atoms with Crippen molar-refractivity contribution in [2.24, 2.45) is 11.1 Å². The van der Waals surface area contributed by atoms with Gasteiger partial charge in [-0.2, -0.15) is 0 Å². The van der Waals surface area contributed by atoms with E-state index in [9.17, 15) is 9.59 Å². The van der Waals surface area contributed by atoms with E-state index in [1.807, 2.05) is 24.3 Å². The van der Waals surface area contributed by atoms with E-state index in [0.717, 1.165) is 24.8 Å². The summed E-state index contributed by atoms with van der Waals surface area (Å²) < 4.78 is 0. The van der Waals surface area contributed by atoms with E-state index < -0.39 is 11.4 Å². The number of hydrogen-bond acceptors (Lipinski definition) is 3. The first kappa shape index (κ1) is 14.5. The Labute approximate surface area is 118 Å². The van der Waals surface area contributed by atoms with Gasteiger partial charge in [0, 0.05) is 18.7 Å². The van der Waals surface area contributed by atoms with Crippen molar-refractivity contribution in [2.45, 2.75) is 32.1 Å². The van der Waals surface area contributed by atoms with Crippen molar-refractivity contribution in [3.63, 3.8) is 0 Å². The second-order valence-electron chi connectivity index (χ2n) is 5.39. The molecule has 0 radical (unpaired) electrons. The standard InChI is InChI=1S/C15H20N2O3/c16-10-15(7-2-8-15)14(20)17-12-4-1-3-11(9-12)5-6-13(18)19/h1,3-4,9H,2,5-8,10,16H2,(H,17,20)(H,18,19). The molecule has 20 heavy (non-hydrogen) atoms.